The Balaban J connectivity index is 4.42. The van der Waals surface area contributed by atoms with E-state index in [0.29, 0.717) is 0 Å². The molecule has 6 atom stereocenters. The topological polar surface area (TPSA) is 168 Å². The molecule has 4 N–H and O–H groups in total. The maximum absolute atomic E-state index is 14.1. The van der Waals surface area contributed by atoms with Gasteiger partial charge in [-0.25, -0.2) is 0 Å². The van der Waals surface area contributed by atoms with Crippen molar-refractivity contribution < 1.29 is 53.8 Å². The number of carbonyl (C=O) groups is 4. The van der Waals surface area contributed by atoms with Gasteiger partial charge in [-0.1, -0.05) is 83.1 Å². The summed E-state index contributed by atoms with van der Waals surface area (Å²) in [5, 5.41) is 47.4. The van der Waals surface area contributed by atoms with Gasteiger partial charge in [0, 0.05) is 21.7 Å². The molecule has 0 aromatic heterocycles. The molecule has 0 aromatic rings. The highest BCUT2D eigenvalue weighted by Crippen LogP contribution is 2.53. The zero-order chi connectivity index (χ0) is 30.0. The molecule has 11 heteroatoms. The molecule has 0 amide bonds. The number of rotatable bonds is 6. The van der Waals surface area contributed by atoms with Gasteiger partial charge < -0.3 is 25.2 Å². The van der Waals surface area contributed by atoms with Crippen LogP contribution in [0.3, 0.4) is 0 Å². The quantitative estimate of drug-likeness (QED) is 0.393. The average molecular weight is 535 g/mol. The van der Waals surface area contributed by atoms with Crippen LogP contribution in [0.15, 0.2) is 0 Å². The lowest BCUT2D eigenvalue weighted by Gasteiger charge is -2.60. The molecule has 0 aromatic carbocycles. The van der Waals surface area contributed by atoms with Gasteiger partial charge in [0.05, 0.1) is 0 Å². The smallest absolute Gasteiger partial charge is 0.237 e. The Morgan fingerprint density at radius 3 is 1.35 bits per heavy atom. The fraction of sp³-hybridized carbons (Fsp3) is 0.846. The maximum atomic E-state index is 14.1. The van der Waals surface area contributed by atoms with Crippen molar-refractivity contribution in [3.63, 3.8) is 0 Å². The van der Waals surface area contributed by atoms with E-state index in [1.54, 1.807) is 0 Å². The Hall–Kier alpha value is -1.63. The molecular formula is C26H43FO10. The summed E-state index contributed by atoms with van der Waals surface area (Å²) in [7, 11) is 0. The van der Waals surface area contributed by atoms with Crippen molar-refractivity contribution in [1.29, 1.82) is 0 Å². The van der Waals surface area contributed by atoms with Crippen LogP contribution in [0.2, 0.25) is 0 Å². The first kappa shape index (κ1) is 33.4. The van der Waals surface area contributed by atoms with E-state index in [2.05, 4.69) is 4.94 Å². The number of Topliss-reactive ketones (excluding diaryl/α,β-unsaturated/α-hetero) is 4. The van der Waals surface area contributed by atoms with Crippen LogP contribution < -0.4 is 0 Å². The number of halogens is 1. The highest BCUT2D eigenvalue weighted by atomic mass is 19.3. The zero-order valence-corrected chi connectivity index (χ0v) is 23.8. The van der Waals surface area contributed by atoms with Crippen LogP contribution in [0.1, 0.15) is 83.1 Å². The number of hydrogen-bond donors (Lipinski definition) is 4. The van der Waals surface area contributed by atoms with E-state index in [4.69, 9.17) is 4.74 Å². The Morgan fingerprint density at radius 1 is 0.703 bits per heavy atom. The lowest BCUT2D eigenvalue weighted by atomic mass is 9.52. The number of aliphatic hydroxyl groups excluding tert-OH is 1. The lowest BCUT2D eigenvalue weighted by molar-refractivity contribution is -0.414. The van der Waals surface area contributed by atoms with Crippen molar-refractivity contribution in [2.45, 2.75) is 118 Å². The normalized spacial score (nSPS) is 32.6. The largest absolute Gasteiger partial charge is 0.382 e. The van der Waals surface area contributed by atoms with Crippen molar-refractivity contribution in [2.24, 2.45) is 21.7 Å². The molecule has 1 unspecified atom stereocenters. The minimum atomic E-state index is -3.86. The molecule has 1 heterocycles. The van der Waals surface area contributed by atoms with Gasteiger partial charge in [-0.15, -0.1) is 0 Å². The van der Waals surface area contributed by atoms with Crippen LogP contribution in [0, 0.1) is 21.7 Å². The third kappa shape index (κ3) is 5.06. The predicted octanol–water partition coefficient (Wildman–Crippen LogP) is 1.63. The van der Waals surface area contributed by atoms with Crippen LogP contribution in [-0.2, 0) is 28.9 Å². The summed E-state index contributed by atoms with van der Waals surface area (Å²) in [6.45, 7) is 15.7. The van der Waals surface area contributed by atoms with Crippen molar-refractivity contribution in [3.8, 4) is 0 Å². The number of aliphatic hydroxyl groups is 4. The van der Waals surface area contributed by atoms with Gasteiger partial charge in [0.25, 0.3) is 0 Å². The summed E-state index contributed by atoms with van der Waals surface area (Å²) < 4.78 is 19.4. The fourth-order valence-electron chi connectivity index (χ4n) is 4.56. The van der Waals surface area contributed by atoms with Crippen LogP contribution in [-0.4, -0.2) is 78.9 Å². The van der Waals surface area contributed by atoms with Gasteiger partial charge in [-0.2, -0.15) is 4.94 Å². The third-order valence-electron chi connectivity index (χ3n) is 6.57. The number of ketones is 4. The van der Waals surface area contributed by atoms with E-state index in [1.165, 1.54) is 83.1 Å². The molecular weight excluding hydrogens is 491 g/mol. The second-order valence-electron chi connectivity index (χ2n) is 14.0. The van der Waals surface area contributed by atoms with Crippen molar-refractivity contribution in [3.05, 3.63) is 0 Å². The van der Waals surface area contributed by atoms with E-state index < -0.39 is 80.1 Å². The molecule has 1 fully saturated rings. The Bertz CT molecular complexity index is 948. The highest BCUT2D eigenvalue weighted by molar-refractivity contribution is 6.10. The van der Waals surface area contributed by atoms with E-state index in [9.17, 15) is 44.1 Å². The first-order valence-corrected chi connectivity index (χ1v) is 12.1. The molecule has 1 saturated heterocycles. The predicted molar refractivity (Wildman–Crippen MR) is 130 cm³/mol. The molecule has 37 heavy (non-hydrogen) atoms. The molecule has 0 saturated carbocycles. The van der Waals surface area contributed by atoms with Gasteiger partial charge in [0.15, 0.2) is 28.7 Å². The minimum absolute atomic E-state index is 1.01. The first-order chi connectivity index (χ1) is 16.1. The van der Waals surface area contributed by atoms with Crippen molar-refractivity contribution in [2.75, 3.05) is 0 Å². The number of hydrogen-bond acceptors (Lipinski definition) is 10. The summed E-state index contributed by atoms with van der Waals surface area (Å²) >= 11 is 0. The van der Waals surface area contributed by atoms with E-state index >= 15 is 0 Å². The second-order valence-corrected chi connectivity index (χ2v) is 14.0. The summed E-state index contributed by atoms with van der Waals surface area (Å²) in [4.78, 5) is 58.3. The molecule has 10 nitrogen and oxygen atoms in total. The zero-order valence-electron chi connectivity index (χ0n) is 23.8. The van der Waals surface area contributed by atoms with Crippen molar-refractivity contribution >= 4 is 23.1 Å². The van der Waals surface area contributed by atoms with Crippen LogP contribution in [0.5, 0.6) is 0 Å². The Labute approximate surface area is 217 Å². The molecule has 1 aliphatic rings. The number of ether oxygens (including phenoxy) is 1. The SMILES string of the molecule is CC(C)(C)C(=O)C(O)[C@H]1O[C@H](OF)[C@@](O)(C(=O)C(C)(C)C)[C@](O)(C(=O)C(C)(C)C)[C@@]1(O)C(=O)C(C)(C)C. The van der Waals surface area contributed by atoms with Crippen LogP contribution in [0.4, 0.5) is 4.53 Å². The molecule has 0 bridgehead atoms. The van der Waals surface area contributed by atoms with Gasteiger partial charge >= 0.3 is 0 Å². The number of carbonyl (C=O) groups excluding carboxylic acids is 4. The summed E-state index contributed by atoms with van der Waals surface area (Å²) in [5.74, 6) is -5.22. The fourth-order valence-corrected chi connectivity index (χ4v) is 4.56. The first-order valence-electron chi connectivity index (χ1n) is 12.1. The average Bonchev–Trinajstić information content (AvgIpc) is 2.72. The summed E-state index contributed by atoms with van der Waals surface area (Å²) in [6, 6.07) is 0. The van der Waals surface area contributed by atoms with E-state index in [1.807, 2.05) is 0 Å². The molecule has 1 aliphatic heterocycles. The van der Waals surface area contributed by atoms with Gasteiger partial charge in [-0.05, 0) is 4.53 Å². The summed E-state index contributed by atoms with van der Waals surface area (Å²) in [5.41, 5.74) is -17.4. The Morgan fingerprint density at radius 2 is 1.05 bits per heavy atom. The van der Waals surface area contributed by atoms with E-state index in [-0.39, 0.29) is 0 Å². The summed E-state index contributed by atoms with van der Waals surface area (Å²) in [6.07, 6.45) is -7.78. The molecule has 0 radical (unpaired) electrons. The van der Waals surface area contributed by atoms with Gasteiger partial charge in [-0.3, -0.25) is 19.2 Å². The third-order valence-corrected chi connectivity index (χ3v) is 6.57. The van der Waals surface area contributed by atoms with Gasteiger partial charge in [0.2, 0.25) is 17.5 Å². The van der Waals surface area contributed by atoms with E-state index in [0.717, 1.165) is 0 Å². The monoisotopic (exact) mass is 534 g/mol. The highest BCUT2D eigenvalue weighted by Gasteiger charge is 2.83. The maximum Gasteiger partial charge on any atom is 0.237 e. The lowest BCUT2D eigenvalue weighted by Crippen LogP contribution is -2.90. The van der Waals surface area contributed by atoms with Crippen LogP contribution >= 0.6 is 0 Å². The van der Waals surface area contributed by atoms with Gasteiger partial charge in [0.1, 0.15) is 12.2 Å². The minimum Gasteiger partial charge on any atom is -0.382 e. The van der Waals surface area contributed by atoms with Crippen LogP contribution in [0.25, 0.3) is 0 Å². The second kappa shape index (κ2) is 9.53. The molecule has 1 rings (SSSR count). The molecule has 0 aliphatic carbocycles. The Kier molecular flexibility index (Phi) is 8.60. The molecule has 0 spiro atoms. The standard InChI is InChI=1S/C26H43FO10/c1-20(2,3)14(29)13(28)15-24(33,16(30)21(4,5)6)26(35,18(32)23(10,11)12)25(34,19(36-15)37-27)17(31)22(7,8)9/h13,15,19,28,33-35H,1-12H3/t13?,15-,19-,24+,25+,26+/m1/s1. The van der Waals surface area contributed by atoms with Crippen molar-refractivity contribution in [1.82, 2.24) is 0 Å². The molecule has 214 valence electrons.